The summed E-state index contributed by atoms with van der Waals surface area (Å²) >= 11 is 0. The van der Waals surface area contributed by atoms with Gasteiger partial charge in [0.1, 0.15) is 18.0 Å². The van der Waals surface area contributed by atoms with Gasteiger partial charge in [0.25, 0.3) is 0 Å². The van der Waals surface area contributed by atoms with E-state index in [2.05, 4.69) is 48.1 Å². The Hall–Kier alpha value is -1.98. The Labute approximate surface area is 218 Å². The molecule has 0 bridgehead atoms. The Kier molecular flexibility index (Phi) is 9.94. The van der Waals surface area contributed by atoms with Crippen LogP contribution in [0.1, 0.15) is 92.9 Å². The number of hydrogen-bond donors (Lipinski definition) is 1. The molecule has 1 aliphatic heterocycles. The van der Waals surface area contributed by atoms with Crippen molar-refractivity contribution >= 4 is 12.1 Å². The molecule has 0 radical (unpaired) electrons. The zero-order chi connectivity index (χ0) is 26.6. The molecule has 6 nitrogen and oxygen atoms in total. The van der Waals surface area contributed by atoms with Crippen LogP contribution in [0.2, 0.25) is 0 Å². The van der Waals surface area contributed by atoms with E-state index in [0.29, 0.717) is 48.5 Å². The second-order valence-electron chi connectivity index (χ2n) is 12.4. The molecule has 3 aliphatic rings. The molecule has 2 aliphatic carbocycles. The van der Waals surface area contributed by atoms with Gasteiger partial charge in [-0.1, -0.05) is 60.5 Å². The third-order valence-electron chi connectivity index (χ3n) is 8.89. The lowest BCUT2D eigenvalue weighted by atomic mass is 9.75. The molecule has 1 heterocycles. The smallest absolute Gasteiger partial charge is 0.410 e. The highest BCUT2D eigenvalue weighted by Crippen LogP contribution is 2.38. The maximum atomic E-state index is 13.5. The summed E-state index contributed by atoms with van der Waals surface area (Å²) in [5, 5.41) is 10.8. The number of carbonyl (C=O) groups is 2. The number of nitrogens with zero attached hydrogens (tertiary/aromatic N) is 1. The summed E-state index contributed by atoms with van der Waals surface area (Å²) in [5.74, 6) is 2.01. The predicted octanol–water partition coefficient (Wildman–Crippen LogP) is 7.05. The Balaban J connectivity index is 1.78. The summed E-state index contributed by atoms with van der Waals surface area (Å²) in [6, 6.07) is -0.631. The largest absolute Gasteiger partial charge is 0.512 e. The summed E-state index contributed by atoms with van der Waals surface area (Å²) in [4.78, 5) is 28.6. The standard InChI is InChI=1S/C30H49NO5/c1-8-9-24-28(29(33)35-26-16-20(6)10-12-22(26)18(2)3)25(32)14-15-31(24)30(34)36-27-17-21(7)11-13-23(27)19(4)5/h8,18-24,26-27,32H,1,9-17H2,2-7H3/t20-,21-,22+,23+,24?,26-,27-/m0/s1. The minimum atomic E-state index is -0.631. The van der Waals surface area contributed by atoms with E-state index in [-0.39, 0.29) is 30.0 Å². The highest BCUT2D eigenvalue weighted by molar-refractivity contribution is 5.92. The molecule has 0 spiro atoms. The summed E-state index contributed by atoms with van der Waals surface area (Å²) < 4.78 is 12.2. The average Bonchev–Trinajstić information content (AvgIpc) is 2.79. The van der Waals surface area contributed by atoms with Gasteiger partial charge in [-0.05, 0) is 67.6 Å². The van der Waals surface area contributed by atoms with E-state index in [1.165, 1.54) is 0 Å². The quantitative estimate of drug-likeness (QED) is 0.297. The van der Waals surface area contributed by atoms with E-state index in [1.807, 2.05) is 0 Å². The van der Waals surface area contributed by atoms with Crippen LogP contribution < -0.4 is 0 Å². The van der Waals surface area contributed by atoms with Gasteiger partial charge < -0.3 is 14.6 Å². The lowest BCUT2D eigenvalue weighted by Gasteiger charge is -2.41. The van der Waals surface area contributed by atoms with Gasteiger partial charge in [0, 0.05) is 13.0 Å². The summed E-state index contributed by atoms with van der Waals surface area (Å²) in [6.45, 7) is 17.3. The first-order chi connectivity index (χ1) is 17.0. The fourth-order valence-electron chi connectivity index (χ4n) is 6.64. The normalized spacial score (nSPS) is 33.6. The van der Waals surface area contributed by atoms with Crippen molar-refractivity contribution in [1.82, 2.24) is 4.90 Å². The van der Waals surface area contributed by atoms with Crippen molar-refractivity contribution in [1.29, 1.82) is 0 Å². The molecule has 2 saturated carbocycles. The lowest BCUT2D eigenvalue weighted by molar-refractivity contribution is -0.152. The third kappa shape index (κ3) is 6.66. The van der Waals surface area contributed by atoms with E-state index in [1.54, 1.807) is 11.0 Å². The molecule has 6 heteroatoms. The van der Waals surface area contributed by atoms with E-state index in [0.717, 1.165) is 38.5 Å². The first-order valence-corrected chi connectivity index (χ1v) is 14.2. The van der Waals surface area contributed by atoms with Crippen LogP contribution in [0.25, 0.3) is 0 Å². The molecule has 1 unspecified atom stereocenters. The molecule has 0 aromatic heterocycles. The Bertz CT molecular complexity index is 818. The van der Waals surface area contributed by atoms with Crippen LogP contribution in [0.5, 0.6) is 0 Å². The molecule has 0 aromatic carbocycles. The Morgan fingerprint density at radius 2 is 1.50 bits per heavy atom. The Morgan fingerprint density at radius 3 is 2.00 bits per heavy atom. The van der Waals surface area contributed by atoms with Crippen molar-refractivity contribution < 1.29 is 24.2 Å². The van der Waals surface area contributed by atoms with Crippen LogP contribution in [0.3, 0.4) is 0 Å². The number of hydrogen-bond acceptors (Lipinski definition) is 5. The zero-order valence-corrected chi connectivity index (χ0v) is 23.4. The molecule has 0 aromatic rings. The number of carbonyl (C=O) groups excluding carboxylic acids is 2. The van der Waals surface area contributed by atoms with Gasteiger partial charge in [0.2, 0.25) is 0 Å². The summed E-state index contributed by atoms with van der Waals surface area (Å²) in [6.07, 6.45) is 7.63. The highest BCUT2D eigenvalue weighted by atomic mass is 16.6. The third-order valence-corrected chi connectivity index (χ3v) is 8.89. The van der Waals surface area contributed by atoms with Crippen molar-refractivity contribution in [2.24, 2.45) is 35.5 Å². The summed E-state index contributed by atoms with van der Waals surface area (Å²) in [7, 11) is 0. The van der Waals surface area contributed by atoms with Crippen LogP contribution in [0.15, 0.2) is 24.0 Å². The van der Waals surface area contributed by atoms with Crippen LogP contribution in [-0.4, -0.2) is 46.9 Å². The van der Waals surface area contributed by atoms with Crippen molar-refractivity contribution in [3.05, 3.63) is 24.0 Å². The molecule has 7 atom stereocenters. The predicted molar refractivity (Wildman–Crippen MR) is 142 cm³/mol. The first-order valence-electron chi connectivity index (χ1n) is 14.2. The van der Waals surface area contributed by atoms with E-state index < -0.39 is 18.1 Å². The number of esters is 1. The molecular weight excluding hydrogens is 454 g/mol. The minimum Gasteiger partial charge on any atom is -0.512 e. The van der Waals surface area contributed by atoms with Gasteiger partial charge in [-0.15, -0.1) is 6.58 Å². The van der Waals surface area contributed by atoms with Crippen LogP contribution in [-0.2, 0) is 14.3 Å². The maximum absolute atomic E-state index is 13.5. The van der Waals surface area contributed by atoms with E-state index >= 15 is 0 Å². The van der Waals surface area contributed by atoms with Gasteiger partial charge >= 0.3 is 12.1 Å². The monoisotopic (exact) mass is 503 g/mol. The molecule has 204 valence electrons. The average molecular weight is 504 g/mol. The van der Waals surface area contributed by atoms with Crippen LogP contribution in [0, 0.1) is 35.5 Å². The van der Waals surface area contributed by atoms with Crippen molar-refractivity contribution in [3.8, 4) is 0 Å². The minimum absolute atomic E-state index is 0.0206. The number of rotatable bonds is 7. The van der Waals surface area contributed by atoms with Gasteiger partial charge in [-0.3, -0.25) is 4.90 Å². The zero-order valence-electron chi connectivity index (χ0n) is 23.4. The van der Waals surface area contributed by atoms with Gasteiger partial charge in [0.15, 0.2) is 0 Å². The van der Waals surface area contributed by atoms with E-state index in [4.69, 9.17) is 9.47 Å². The molecular formula is C30H49NO5. The fourth-order valence-corrected chi connectivity index (χ4v) is 6.64. The molecule has 1 N–H and O–H groups in total. The molecule has 36 heavy (non-hydrogen) atoms. The van der Waals surface area contributed by atoms with Crippen molar-refractivity contribution in [3.63, 3.8) is 0 Å². The molecule has 1 amide bonds. The van der Waals surface area contributed by atoms with Gasteiger partial charge in [-0.2, -0.15) is 0 Å². The summed E-state index contributed by atoms with van der Waals surface area (Å²) in [5.41, 5.74) is 0.191. The number of ether oxygens (including phenoxy) is 2. The van der Waals surface area contributed by atoms with Crippen molar-refractivity contribution in [2.75, 3.05) is 6.54 Å². The second kappa shape index (κ2) is 12.5. The maximum Gasteiger partial charge on any atom is 0.410 e. The number of aliphatic hydroxyl groups excluding tert-OH is 1. The molecule has 3 rings (SSSR count). The van der Waals surface area contributed by atoms with E-state index in [9.17, 15) is 14.7 Å². The SMILES string of the molecule is C=CCC1C(C(=O)O[C@H]2C[C@@H](C)CC[C@@H]2C(C)C)=C(O)CCN1C(=O)O[C@H]1C[C@@H](C)CC[C@@H]1C(C)C. The molecule has 0 saturated heterocycles. The molecule has 2 fully saturated rings. The van der Waals surface area contributed by atoms with Gasteiger partial charge in [0.05, 0.1) is 11.6 Å². The second-order valence-corrected chi connectivity index (χ2v) is 12.4. The van der Waals surface area contributed by atoms with Gasteiger partial charge in [-0.25, -0.2) is 9.59 Å². The fraction of sp³-hybridized carbons (Fsp3) is 0.800. The Morgan fingerprint density at radius 1 is 0.972 bits per heavy atom. The first kappa shape index (κ1) is 28.6. The number of amides is 1. The topological polar surface area (TPSA) is 76.1 Å². The lowest BCUT2D eigenvalue weighted by Crippen LogP contribution is -2.50. The van der Waals surface area contributed by atoms with Crippen LogP contribution in [0.4, 0.5) is 4.79 Å². The van der Waals surface area contributed by atoms with Crippen LogP contribution >= 0.6 is 0 Å². The highest BCUT2D eigenvalue weighted by Gasteiger charge is 2.42. The number of aliphatic hydroxyl groups is 1. The van der Waals surface area contributed by atoms with Crippen molar-refractivity contribution in [2.45, 2.75) is 111 Å².